The van der Waals surface area contributed by atoms with E-state index in [0.717, 1.165) is 49.8 Å². The molecule has 0 bridgehead atoms. The molecular formula is C17H19FN2O. The Labute approximate surface area is 124 Å². The van der Waals surface area contributed by atoms with E-state index in [2.05, 4.69) is 16.3 Å². The predicted molar refractivity (Wildman–Crippen MR) is 83.7 cm³/mol. The van der Waals surface area contributed by atoms with Crippen molar-refractivity contribution < 1.29 is 9.13 Å². The molecule has 1 heterocycles. The summed E-state index contributed by atoms with van der Waals surface area (Å²) in [6, 6.07) is 14.7. The minimum absolute atomic E-state index is 0.214. The van der Waals surface area contributed by atoms with Gasteiger partial charge in [0.25, 0.3) is 0 Å². The molecule has 0 fully saturated rings. The van der Waals surface area contributed by atoms with E-state index in [0.29, 0.717) is 0 Å². The van der Waals surface area contributed by atoms with Crippen molar-refractivity contribution in [2.45, 2.75) is 6.42 Å². The highest BCUT2D eigenvalue weighted by molar-refractivity contribution is 5.59. The van der Waals surface area contributed by atoms with Gasteiger partial charge in [0.2, 0.25) is 0 Å². The highest BCUT2D eigenvalue weighted by atomic mass is 19.1. The molecule has 1 N–H and O–H groups in total. The minimum atomic E-state index is -0.214. The monoisotopic (exact) mass is 286 g/mol. The third kappa shape index (κ3) is 3.45. The summed E-state index contributed by atoms with van der Waals surface area (Å²) in [7, 11) is 0. The average molecular weight is 286 g/mol. The molecule has 0 aromatic heterocycles. The van der Waals surface area contributed by atoms with Crippen LogP contribution in [0.25, 0.3) is 0 Å². The van der Waals surface area contributed by atoms with Crippen LogP contribution in [0.5, 0.6) is 5.75 Å². The van der Waals surface area contributed by atoms with Crippen molar-refractivity contribution in [1.29, 1.82) is 0 Å². The van der Waals surface area contributed by atoms with E-state index in [1.807, 2.05) is 24.3 Å². The number of ether oxygens (including phenoxy) is 1. The maximum Gasteiger partial charge on any atom is 0.142 e. The largest absolute Gasteiger partial charge is 0.491 e. The number of nitrogens with one attached hydrogen (secondary N) is 1. The van der Waals surface area contributed by atoms with Gasteiger partial charge in [-0.3, -0.25) is 0 Å². The number of hydrogen-bond donors (Lipinski definition) is 1. The van der Waals surface area contributed by atoms with Crippen LogP contribution in [0.3, 0.4) is 0 Å². The highest BCUT2D eigenvalue weighted by Crippen LogP contribution is 2.30. The average Bonchev–Trinajstić information content (AvgIpc) is 2.70. The lowest BCUT2D eigenvalue weighted by Gasteiger charge is -2.24. The van der Waals surface area contributed by atoms with Gasteiger partial charge in [0.15, 0.2) is 0 Å². The van der Waals surface area contributed by atoms with Crippen molar-refractivity contribution in [1.82, 2.24) is 0 Å². The molecular weight excluding hydrogens is 267 g/mol. The summed E-state index contributed by atoms with van der Waals surface area (Å²) in [5.74, 6) is 0.731. The Morgan fingerprint density at radius 1 is 1.14 bits per heavy atom. The summed E-state index contributed by atoms with van der Waals surface area (Å²) >= 11 is 0. The molecule has 0 spiro atoms. The number of benzene rings is 2. The molecule has 0 aliphatic carbocycles. The lowest BCUT2D eigenvalue weighted by Crippen LogP contribution is -2.29. The van der Waals surface area contributed by atoms with Crippen LogP contribution in [-0.2, 0) is 0 Å². The zero-order valence-corrected chi connectivity index (χ0v) is 11.9. The summed E-state index contributed by atoms with van der Waals surface area (Å²) in [6.07, 6.45) is 1.01. The molecule has 3 rings (SSSR count). The van der Waals surface area contributed by atoms with Gasteiger partial charge in [-0.05, 0) is 36.8 Å². The Morgan fingerprint density at radius 3 is 2.95 bits per heavy atom. The minimum Gasteiger partial charge on any atom is -0.491 e. The third-order valence-corrected chi connectivity index (χ3v) is 3.57. The number of halogens is 1. The molecule has 0 atom stereocenters. The maximum absolute atomic E-state index is 13.1. The topological polar surface area (TPSA) is 24.5 Å². The molecule has 3 nitrogen and oxygen atoms in total. The van der Waals surface area contributed by atoms with Crippen LogP contribution in [0, 0.1) is 5.82 Å². The second kappa shape index (κ2) is 6.48. The van der Waals surface area contributed by atoms with Crippen LogP contribution in [0.15, 0.2) is 48.5 Å². The van der Waals surface area contributed by atoms with E-state index >= 15 is 0 Å². The fraction of sp³-hybridized carbons (Fsp3) is 0.294. The molecule has 2 aromatic carbocycles. The Morgan fingerprint density at radius 2 is 2.05 bits per heavy atom. The molecule has 1 aliphatic heterocycles. The molecule has 0 saturated heterocycles. The zero-order valence-electron chi connectivity index (χ0n) is 11.9. The van der Waals surface area contributed by atoms with Crippen molar-refractivity contribution >= 4 is 11.4 Å². The summed E-state index contributed by atoms with van der Waals surface area (Å²) in [5.41, 5.74) is 1.95. The normalized spacial score (nSPS) is 14.0. The number of anilines is 2. The van der Waals surface area contributed by atoms with Crippen LogP contribution in [0.1, 0.15) is 6.42 Å². The zero-order chi connectivity index (χ0) is 14.5. The quantitative estimate of drug-likeness (QED) is 0.930. The van der Waals surface area contributed by atoms with E-state index in [1.54, 1.807) is 6.07 Å². The number of fused-ring (bicyclic) bond motifs is 1. The van der Waals surface area contributed by atoms with E-state index < -0.39 is 0 Å². The fourth-order valence-corrected chi connectivity index (χ4v) is 2.56. The van der Waals surface area contributed by atoms with Crippen LogP contribution < -0.4 is 15.0 Å². The summed E-state index contributed by atoms with van der Waals surface area (Å²) in [6.45, 7) is 3.35. The second-order valence-electron chi connectivity index (χ2n) is 5.09. The number of nitrogens with zero attached hydrogens (tertiary/aromatic N) is 1. The van der Waals surface area contributed by atoms with Crippen LogP contribution in [0.4, 0.5) is 15.8 Å². The molecule has 0 unspecified atom stereocenters. The highest BCUT2D eigenvalue weighted by Gasteiger charge is 2.15. The molecule has 1 aliphatic rings. The molecule has 2 aromatic rings. The van der Waals surface area contributed by atoms with Crippen molar-refractivity contribution in [3.63, 3.8) is 0 Å². The summed E-state index contributed by atoms with van der Waals surface area (Å²) < 4.78 is 18.9. The van der Waals surface area contributed by atoms with Crippen molar-refractivity contribution in [3.05, 3.63) is 54.3 Å². The first-order chi connectivity index (χ1) is 10.3. The third-order valence-electron chi connectivity index (χ3n) is 3.57. The Hall–Kier alpha value is -2.23. The van der Waals surface area contributed by atoms with Crippen LogP contribution >= 0.6 is 0 Å². The first-order valence-electron chi connectivity index (χ1n) is 7.29. The number of rotatable bonds is 4. The van der Waals surface area contributed by atoms with E-state index in [-0.39, 0.29) is 5.82 Å². The molecule has 4 heteroatoms. The van der Waals surface area contributed by atoms with Gasteiger partial charge in [-0.25, -0.2) is 4.39 Å². The maximum atomic E-state index is 13.1. The number of hydrogen-bond acceptors (Lipinski definition) is 3. The van der Waals surface area contributed by atoms with Gasteiger partial charge in [-0.15, -0.1) is 0 Å². The van der Waals surface area contributed by atoms with Crippen molar-refractivity contribution in [2.24, 2.45) is 0 Å². The van der Waals surface area contributed by atoms with Gasteiger partial charge >= 0.3 is 0 Å². The smallest absolute Gasteiger partial charge is 0.142 e. The SMILES string of the molecule is Fc1cccc(NCCN2CCCOc3ccccc32)c1. The lowest BCUT2D eigenvalue weighted by atomic mass is 10.2. The molecule has 110 valence electrons. The molecule has 0 saturated carbocycles. The Kier molecular flexibility index (Phi) is 4.24. The van der Waals surface area contributed by atoms with Crippen LogP contribution in [-0.4, -0.2) is 26.2 Å². The molecule has 0 amide bonds. The van der Waals surface area contributed by atoms with Gasteiger partial charge in [-0.2, -0.15) is 0 Å². The van der Waals surface area contributed by atoms with Crippen molar-refractivity contribution in [3.8, 4) is 5.75 Å². The first-order valence-corrected chi connectivity index (χ1v) is 7.29. The second-order valence-corrected chi connectivity index (χ2v) is 5.09. The lowest BCUT2D eigenvalue weighted by molar-refractivity contribution is 0.322. The van der Waals surface area contributed by atoms with E-state index in [1.165, 1.54) is 12.1 Å². The fourth-order valence-electron chi connectivity index (χ4n) is 2.56. The summed E-state index contributed by atoms with van der Waals surface area (Å²) in [4.78, 5) is 2.31. The van der Waals surface area contributed by atoms with Gasteiger partial charge in [-0.1, -0.05) is 18.2 Å². The number of para-hydroxylation sites is 2. The Balaban J connectivity index is 1.62. The van der Waals surface area contributed by atoms with Crippen molar-refractivity contribution in [2.75, 3.05) is 36.5 Å². The first kappa shape index (κ1) is 13.7. The van der Waals surface area contributed by atoms with E-state index in [9.17, 15) is 4.39 Å². The van der Waals surface area contributed by atoms with Gasteiger partial charge in [0, 0.05) is 25.3 Å². The molecule has 0 radical (unpaired) electrons. The summed E-state index contributed by atoms with van der Waals surface area (Å²) in [5, 5.41) is 3.26. The Bertz CT molecular complexity index is 603. The molecule has 21 heavy (non-hydrogen) atoms. The van der Waals surface area contributed by atoms with Gasteiger partial charge in [0.05, 0.1) is 12.3 Å². The van der Waals surface area contributed by atoms with E-state index in [4.69, 9.17) is 4.74 Å². The van der Waals surface area contributed by atoms with Gasteiger partial charge < -0.3 is 15.0 Å². The standard InChI is InChI=1S/C17H19FN2O/c18-14-5-3-6-15(13-14)19-9-11-20-10-4-12-21-17-8-2-1-7-16(17)20/h1-3,5-8,13,19H,4,9-12H2. The predicted octanol–water partition coefficient (Wildman–Crippen LogP) is 3.53. The van der Waals surface area contributed by atoms with Gasteiger partial charge in [0.1, 0.15) is 11.6 Å². The van der Waals surface area contributed by atoms with Crippen LogP contribution in [0.2, 0.25) is 0 Å².